The monoisotopic (exact) mass is 275 g/mol. The lowest BCUT2D eigenvalue weighted by atomic mass is 10.2. The average Bonchev–Trinajstić information content (AvgIpc) is 3.31. The van der Waals surface area contributed by atoms with Crippen LogP contribution in [0.15, 0.2) is 23.2 Å². The molecule has 0 amide bonds. The fourth-order valence-corrected chi connectivity index (χ4v) is 2.65. The summed E-state index contributed by atoms with van der Waals surface area (Å²) in [4.78, 5) is 4.54. The summed E-state index contributed by atoms with van der Waals surface area (Å²) in [6, 6.07) is 6.02. The molecule has 0 unspecified atom stereocenters. The second-order valence-corrected chi connectivity index (χ2v) is 5.51. The van der Waals surface area contributed by atoms with E-state index in [9.17, 15) is 0 Å². The summed E-state index contributed by atoms with van der Waals surface area (Å²) in [7, 11) is 3.23. The van der Waals surface area contributed by atoms with Crippen molar-refractivity contribution >= 4 is 11.6 Å². The van der Waals surface area contributed by atoms with Gasteiger partial charge in [0, 0.05) is 11.8 Å². The number of rotatable bonds is 5. The smallest absolute Gasteiger partial charge is 0.193 e. The summed E-state index contributed by atoms with van der Waals surface area (Å²) in [5.74, 6) is 3.54. The molecule has 5 heteroatoms. The van der Waals surface area contributed by atoms with E-state index in [0.717, 1.165) is 17.5 Å². The van der Waals surface area contributed by atoms with Gasteiger partial charge in [-0.3, -0.25) is 0 Å². The molecule has 0 spiro atoms. The van der Waals surface area contributed by atoms with Crippen LogP contribution in [-0.4, -0.2) is 26.2 Å². The van der Waals surface area contributed by atoms with Crippen LogP contribution in [-0.2, 0) is 0 Å². The van der Waals surface area contributed by atoms with Crippen molar-refractivity contribution in [2.45, 2.75) is 25.3 Å². The predicted octanol–water partition coefficient (Wildman–Crippen LogP) is 2.23. The Labute approximate surface area is 119 Å². The van der Waals surface area contributed by atoms with Crippen LogP contribution in [0.4, 0.5) is 5.69 Å². The van der Waals surface area contributed by atoms with E-state index in [4.69, 9.17) is 15.2 Å². The number of aliphatic imine (C=N–C) groups is 1. The molecular formula is C15H21N3O2. The Morgan fingerprint density at radius 1 is 1.25 bits per heavy atom. The van der Waals surface area contributed by atoms with Crippen LogP contribution in [0, 0.1) is 11.8 Å². The van der Waals surface area contributed by atoms with Crippen molar-refractivity contribution < 1.29 is 9.47 Å². The SMILES string of the molecule is COc1ccc(NC(N)=N[C@@H]2C[C@H]2C2CC2)cc1OC. The van der Waals surface area contributed by atoms with Gasteiger partial charge in [-0.1, -0.05) is 0 Å². The van der Waals surface area contributed by atoms with Crippen LogP contribution in [0.1, 0.15) is 19.3 Å². The normalized spacial score (nSPS) is 25.2. The van der Waals surface area contributed by atoms with Crippen LogP contribution in [0.3, 0.4) is 0 Å². The number of guanidine groups is 1. The van der Waals surface area contributed by atoms with Crippen LogP contribution in [0.25, 0.3) is 0 Å². The summed E-state index contributed by atoms with van der Waals surface area (Å²) in [5.41, 5.74) is 6.81. The topological polar surface area (TPSA) is 68.9 Å². The molecule has 0 heterocycles. The minimum absolute atomic E-state index is 0.426. The maximum Gasteiger partial charge on any atom is 0.193 e. The number of nitrogens with one attached hydrogen (secondary N) is 1. The zero-order valence-corrected chi connectivity index (χ0v) is 11.9. The van der Waals surface area contributed by atoms with E-state index in [0.29, 0.717) is 23.5 Å². The van der Waals surface area contributed by atoms with Crippen molar-refractivity contribution in [3.63, 3.8) is 0 Å². The molecule has 0 bridgehead atoms. The number of hydrogen-bond donors (Lipinski definition) is 2. The third-order valence-corrected chi connectivity index (χ3v) is 3.99. The number of ether oxygens (including phenoxy) is 2. The zero-order valence-electron chi connectivity index (χ0n) is 11.9. The fraction of sp³-hybridized carbons (Fsp3) is 0.533. The van der Waals surface area contributed by atoms with Gasteiger partial charge in [0.05, 0.1) is 20.3 Å². The van der Waals surface area contributed by atoms with Gasteiger partial charge < -0.3 is 20.5 Å². The van der Waals surface area contributed by atoms with Crippen LogP contribution >= 0.6 is 0 Å². The second-order valence-electron chi connectivity index (χ2n) is 5.51. The number of benzene rings is 1. The average molecular weight is 275 g/mol. The van der Waals surface area contributed by atoms with Crippen LogP contribution in [0.2, 0.25) is 0 Å². The molecule has 2 aliphatic rings. The molecule has 5 nitrogen and oxygen atoms in total. The molecule has 1 aromatic rings. The first-order valence-electron chi connectivity index (χ1n) is 7.03. The highest BCUT2D eigenvalue weighted by molar-refractivity contribution is 5.92. The first-order valence-corrected chi connectivity index (χ1v) is 7.03. The minimum atomic E-state index is 0.426. The van der Waals surface area contributed by atoms with E-state index in [1.54, 1.807) is 14.2 Å². The molecule has 0 aliphatic heterocycles. The molecule has 3 N–H and O–H groups in total. The van der Waals surface area contributed by atoms with Gasteiger partial charge in [0.2, 0.25) is 0 Å². The quantitative estimate of drug-likeness (QED) is 0.638. The Morgan fingerprint density at radius 3 is 2.65 bits per heavy atom. The number of anilines is 1. The highest BCUT2D eigenvalue weighted by Crippen LogP contribution is 2.51. The third kappa shape index (κ3) is 2.81. The molecule has 2 aliphatic carbocycles. The molecule has 3 rings (SSSR count). The highest BCUT2D eigenvalue weighted by Gasteiger charge is 2.47. The van der Waals surface area contributed by atoms with E-state index < -0.39 is 0 Å². The fourth-order valence-electron chi connectivity index (χ4n) is 2.65. The maximum absolute atomic E-state index is 5.96. The third-order valence-electron chi connectivity index (χ3n) is 3.99. The predicted molar refractivity (Wildman–Crippen MR) is 79.4 cm³/mol. The Hall–Kier alpha value is -1.91. The van der Waals surface area contributed by atoms with Crippen LogP contribution < -0.4 is 20.5 Å². The molecular weight excluding hydrogens is 254 g/mol. The molecule has 2 saturated carbocycles. The molecule has 20 heavy (non-hydrogen) atoms. The van der Waals surface area contributed by atoms with E-state index >= 15 is 0 Å². The van der Waals surface area contributed by atoms with Gasteiger partial charge in [0.15, 0.2) is 17.5 Å². The Morgan fingerprint density at radius 2 is 2.00 bits per heavy atom. The molecule has 1 aromatic carbocycles. The highest BCUT2D eigenvalue weighted by atomic mass is 16.5. The van der Waals surface area contributed by atoms with E-state index in [2.05, 4.69) is 10.3 Å². The largest absolute Gasteiger partial charge is 0.493 e. The van der Waals surface area contributed by atoms with E-state index in [-0.39, 0.29) is 0 Å². The van der Waals surface area contributed by atoms with Gasteiger partial charge in [0.25, 0.3) is 0 Å². The van der Waals surface area contributed by atoms with Crippen molar-refractivity contribution in [1.82, 2.24) is 0 Å². The van der Waals surface area contributed by atoms with Crippen molar-refractivity contribution in [1.29, 1.82) is 0 Å². The maximum atomic E-state index is 5.96. The summed E-state index contributed by atoms with van der Waals surface area (Å²) in [6.45, 7) is 0. The Kier molecular flexibility index (Phi) is 3.42. The molecule has 2 fully saturated rings. The first-order chi connectivity index (χ1) is 9.71. The van der Waals surface area contributed by atoms with Gasteiger partial charge in [-0.2, -0.15) is 0 Å². The number of hydrogen-bond acceptors (Lipinski definition) is 3. The minimum Gasteiger partial charge on any atom is -0.493 e. The molecule has 0 radical (unpaired) electrons. The van der Waals surface area contributed by atoms with Gasteiger partial charge in [-0.05, 0) is 43.2 Å². The van der Waals surface area contributed by atoms with Crippen molar-refractivity contribution in [2.24, 2.45) is 22.6 Å². The zero-order chi connectivity index (χ0) is 14.1. The van der Waals surface area contributed by atoms with Crippen LogP contribution in [0.5, 0.6) is 11.5 Å². The van der Waals surface area contributed by atoms with Gasteiger partial charge in [0.1, 0.15) is 0 Å². The molecule has 108 valence electrons. The summed E-state index contributed by atoms with van der Waals surface area (Å²) in [6.07, 6.45) is 3.94. The van der Waals surface area contributed by atoms with Crippen molar-refractivity contribution in [3.05, 3.63) is 18.2 Å². The molecule has 0 saturated heterocycles. The Bertz CT molecular complexity index is 526. The number of nitrogens with two attached hydrogens (primary N) is 1. The Balaban J connectivity index is 1.63. The number of methoxy groups -OCH3 is 2. The molecule has 2 atom stereocenters. The van der Waals surface area contributed by atoms with E-state index in [1.165, 1.54) is 19.3 Å². The lowest BCUT2D eigenvalue weighted by Gasteiger charge is -2.10. The molecule has 0 aromatic heterocycles. The van der Waals surface area contributed by atoms with Crippen molar-refractivity contribution in [2.75, 3.05) is 19.5 Å². The van der Waals surface area contributed by atoms with E-state index in [1.807, 2.05) is 18.2 Å². The van der Waals surface area contributed by atoms with Gasteiger partial charge in [-0.15, -0.1) is 0 Å². The summed E-state index contributed by atoms with van der Waals surface area (Å²) >= 11 is 0. The standard InChI is InChI=1S/C15H21N3O2/c1-19-13-6-5-10(7-14(13)20-2)17-15(16)18-12-8-11(12)9-3-4-9/h5-7,9,11-12H,3-4,8H2,1-2H3,(H3,16,17,18)/t11-,12+/m0/s1. The second kappa shape index (κ2) is 5.23. The summed E-state index contributed by atoms with van der Waals surface area (Å²) < 4.78 is 10.5. The number of nitrogens with zero attached hydrogens (tertiary/aromatic N) is 1. The first kappa shape index (κ1) is 13.1. The lowest BCUT2D eigenvalue weighted by Crippen LogP contribution is -2.23. The lowest BCUT2D eigenvalue weighted by molar-refractivity contribution is 0.355. The van der Waals surface area contributed by atoms with Gasteiger partial charge >= 0.3 is 0 Å². The van der Waals surface area contributed by atoms with Crippen molar-refractivity contribution in [3.8, 4) is 11.5 Å². The summed E-state index contributed by atoms with van der Waals surface area (Å²) in [5, 5.41) is 3.11. The van der Waals surface area contributed by atoms with Gasteiger partial charge in [-0.25, -0.2) is 4.99 Å².